The summed E-state index contributed by atoms with van der Waals surface area (Å²) in [6.07, 6.45) is 1.23. The van der Waals surface area contributed by atoms with Gasteiger partial charge >= 0.3 is 0 Å². The van der Waals surface area contributed by atoms with Crippen molar-refractivity contribution in [3.63, 3.8) is 0 Å². The fraction of sp³-hybridized carbons (Fsp3) is 0.304. The van der Waals surface area contributed by atoms with Gasteiger partial charge < -0.3 is 9.47 Å². The Balaban J connectivity index is 1.48. The molecule has 3 aromatic carbocycles. The van der Waals surface area contributed by atoms with Crippen LogP contribution in [0.4, 0.5) is 0 Å². The summed E-state index contributed by atoms with van der Waals surface area (Å²) in [6, 6.07) is 19.3. The van der Waals surface area contributed by atoms with Crippen LogP contribution in [0.15, 0.2) is 65.6 Å². The van der Waals surface area contributed by atoms with E-state index < -0.39 is 9.84 Å². The lowest BCUT2D eigenvalue weighted by Gasteiger charge is -2.26. The first-order valence-electron chi connectivity index (χ1n) is 9.76. The minimum Gasteiger partial charge on any atom is -0.492 e. The molecule has 3 aromatic rings. The van der Waals surface area contributed by atoms with Crippen molar-refractivity contribution in [3.8, 4) is 16.9 Å². The monoisotopic (exact) mass is 411 g/mol. The number of ether oxygens (including phenoxy) is 2. The molecule has 4 rings (SSSR count). The van der Waals surface area contributed by atoms with Gasteiger partial charge in [0.1, 0.15) is 12.4 Å². The number of fused-ring (bicyclic) bond motifs is 1. The summed E-state index contributed by atoms with van der Waals surface area (Å²) in [7, 11) is -3.23. The van der Waals surface area contributed by atoms with Crippen LogP contribution >= 0.6 is 0 Å². The number of hydrogen-bond acceptors (Lipinski definition) is 5. The van der Waals surface area contributed by atoms with Crippen LogP contribution in [0.2, 0.25) is 0 Å². The van der Waals surface area contributed by atoms with Crippen LogP contribution in [0.5, 0.6) is 5.75 Å². The summed E-state index contributed by atoms with van der Waals surface area (Å²) in [5.41, 5.74) is 1.88. The van der Waals surface area contributed by atoms with Crippen LogP contribution in [0.25, 0.3) is 21.9 Å². The van der Waals surface area contributed by atoms with Gasteiger partial charge in [0.25, 0.3) is 0 Å². The Morgan fingerprint density at radius 3 is 2.45 bits per heavy atom. The van der Waals surface area contributed by atoms with E-state index in [1.807, 2.05) is 36.4 Å². The molecule has 0 aliphatic carbocycles. The molecule has 152 valence electrons. The Kier molecular flexibility index (Phi) is 5.85. The highest BCUT2D eigenvalue weighted by Crippen LogP contribution is 2.28. The average Bonchev–Trinajstić information content (AvgIpc) is 2.73. The van der Waals surface area contributed by atoms with Crippen LogP contribution in [0.1, 0.15) is 0 Å². The van der Waals surface area contributed by atoms with Gasteiger partial charge in [-0.15, -0.1) is 0 Å². The molecule has 1 aliphatic heterocycles. The van der Waals surface area contributed by atoms with Crippen LogP contribution in [-0.4, -0.2) is 59.0 Å². The molecule has 0 N–H and O–H groups in total. The highest BCUT2D eigenvalue weighted by molar-refractivity contribution is 7.90. The van der Waals surface area contributed by atoms with Crippen molar-refractivity contribution >= 4 is 20.6 Å². The van der Waals surface area contributed by atoms with E-state index in [4.69, 9.17) is 9.47 Å². The molecule has 1 heterocycles. The standard InChI is InChI=1S/C23H25NO4S/c1-29(25,26)23-4-2-3-18(17-23)19-5-6-21-16-22(8-7-20(21)15-19)28-14-11-24-9-12-27-13-10-24/h2-8,15-17H,9-14H2,1H3. The number of hydrogen-bond donors (Lipinski definition) is 0. The quantitative estimate of drug-likeness (QED) is 0.620. The van der Waals surface area contributed by atoms with E-state index in [1.54, 1.807) is 18.2 Å². The normalized spacial score (nSPS) is 15.5. The van der Waals surface area contributed by atoms with Gasteiger partial charge in [0, 0.05) is 25.9 Å². The smallest absolute Gasteiger partial charge is 0.175 e. The van der Waals surface area contributed by atoms with Gasteiger partial charge in [-0.2, -0.15) is 0 Å². The maximum Gasteiger partial charge on any atom is 0.175 e. The predicted molar refractivity (Wildman–Crippen MR) is 115 cm³/mol. The molecular formula is C23H25NO4S. The number of nitrogens with zero attached hydrogens (tertiary/aromatic N) is 1. The summed E-state index contributed by atoms with van der Waals surface area (Å²) < 4.78 is 35.0. The van der Waals surface area contributed by atoms with Crippen LogP contribution in [0.3, 0.4) is 0 Å². The van der Waals surface area contributed by atoms with Gasteiger partial charge in [-0.25, -0.2) is 8.42 Å². The second-order valence-electron chi connectivity index (χ2n) is 7.33. The van der Waals surface area contributed by atoms with E-state index in [9.17, 15) is 8.42 Å². The first kappa shape index (κ1) is 19.9. The van der Waals surface area contributed by atoms with Gasteiger partial charge in [0.2, 0.25) is 0 Å². The van der Waals surface area contributed by atoms with Crippen molar-refractivity contribution in [1.82, 2.24) is 4.90 Å². The summed E-state index contributed by atoms with van der Waals surface area (Å²) >= 11 is 0. The molecule has 0 radical (unpaired) electrons. The molecule has 1 aliphatic rings. The molecular weight excluding hydrogens is 386 g/mol. The van der Waals surface area contributed by atoms with Crippen LogP contribution in [-0.2, 0) is 14.6 Å². The number of rotatable bonds is 6. The minimum absolute atomic E-state index is 0.333. The zero-order chi connectivity index (χ0) is 20.3. The average molecular weight is 412 g/mol. The Labute approximate surface area is 171 Å². The van der Waals surface area contributed by atoms with Gasteiger partial charge in [0.05, 0.1) is 18.1 Å². The number of sulfone groups is 1. The Morgan fingerprint density at radius 1 is 0.931 bits per heavy atom. The highest BCUT2D eigenvalue weighted by atomic mass is 32.2. The largest absolute Gasteiger partial charge is 0.492 e. The SMILES string of the molecule is CS(=O)(=O)c1cccc(-c2ccc3cc(OCCN4CCOCC4)ccc3c2)c1. The van der Waals surface area contributed by atoms with Crippen LogP contribution in [0, 0.1) is 0 Å². The summed E-state index contributed by atoms with van der Waals surface area (Å²) in [4.78, 5) is 2.68. The number of benzene rings is 3. The molecule has 0 spiro atoms. The topological polar surface area (TPSA) is 55.8 Å². The van der Waals surface area contributed by atoms with E-state index in [0.717, 1.165) is 60.5 Å². The van der Waals surface area contributed by atoms with Crippen molar-refractivity contribution in [2.75, 3.05) is 45.7 Å². The molecule has 0 aromatic heterocycles. The lowest BCUT2D eigenvalue weighted by Crippen LogP contribution is -2.38. The van der Waals surface area contributed by atoms with Crippen molar-refractivity contribution in [3.05, 3.63) is 60.7 Å². The van der Waals surface area contributed by atoms with E-state index >= 15 is 0 Å². The Bertz CT molecular complexity index is 1100. The third kappa shape index (κ3) is 4.96. The van der Waals surface area contributed by atoms with E-state index in [0.29, 0.717) is 11.5 Å². The van der Waals surface area contributed by atoms with E-state index in [2.05, 4.69) is 11.0 Å². The molecule has 1 saturated heterocycles. The van der Waals surface area contributed by atoms with Crippen molar-refractivity contribution in [2.45, 2.75) is 4.90 Å². The van der Waals surface area contributed by atoms with Crippen molar-refractivity contribution < 1.29 is 17.9 Å². The van der Waals surface area contributed by atoms with Gasteiger partial charge in [-0.1, -0.05) is 30.3 Å². The lowest BCUT2D eigenvalue weighted by atomic mass is 10.0. The first-order chi connectivity index (χ1) is 14.0. The highest BCUT2D eigenvalue weighted by Gasteiger charge is 2.11. The second-order valence-corrected chi connectivity index (χ2v) is 9.34. The molecule has 5 nitrogen and oxygen atoms in total. The summed E-state index contributed by atoms with van der Waals surface area (Å²) in [6.45, 7) is 5.07. The van der Waals surface area contributed by atoms with Crippen molar-refractivity contribution in [2.24, 2.45) is 0 Å². The first-order valence-corrected chi connectivity index (χ1v) is 11.7. The fourth-order valence-corrected chi connectivity index (χ4v) is 4.18. The fourth-order valence-electron chi connectivity index (χ4n) is 3.52. The molecule has 0 bridgehead atoms. The molecule has 0 amide bonds. The molecule has 6 heteroatoms. The van der Waals surface area contributed by atoms with Gasteiger partial charge in [0.15, 0.2) is 9.84 Å². The zero-order valence-electron chi connectivity index (χ0n) is 16.5. The van der Waals surface area contributed by atoms with Gasteiger partial charge in [-0.05, 0) is 52.2 Å². The molecule has 0 saturated carbocycles. The third-order valence-corrected chi connectivity index (χ3v) is 6.30. The third-order valence-electron chi connectivity index (χ3n) is 5.19. The zero-order valence-corrected chi connectivity index (χ0v) is 17.3. The maximum atomic E-state index is 11.8. The number of morpholine rings is 1. The lowest BCUT2D eigenvalue weighted by molar-refractivity contribution is 0.0322. The Morgan fingerprint density at radius 2 is 1.66 bits per heavy atom. The van der Waals surface area contributed by atoms with Gasteiger partial charge in [-0.3, -0.25) is 4.90 Å². The molecule has 1 fully saturated rings. The van der Waals surface area contributed by atoms with E-state index in [-0.39, 0.29) is 0 Å². The minimum atomic E-state index is -3.23. The predicted octanol–water partition coefficient (Wildman–Crippen LogP) is 3.62. The van der Waals surface area contributed by atoms with E-state index in [1.165, 1.54) is 6.26 Å². The Hall–Kier alpha value is -2.41. The van der Waals surface area contributed by atoms with Crippen molar-refractivity contribution in [1.29, 1.82) is 0 Å². The molecule has 0 atom stereocenters. The molecule has 0 unspecified atom stereocenters. The second kappa shape index (κ2) is 8.53. The summed E-state index contributed by atoms with van der Waals surface area (Å²) in [5, 5.41) is 2.18. The summed E-state index contributed by atoms with van der Waals surface area (Å²) in [5.74, 6) is 0.859. The maximum absolute atomic E-state index is 11.8. The molecule has 29 heavy (non-hydrogen) atoms. The van der Waals surface area contributed by atoms with Crippen LogP contribution < -0.4 is 4.74 Å².